The van der Waals surface area contributed by atoms with Gasteiger partial charge in [-0.25, -0.2) is 4.98 Å². The van der Waals surface area contributed by atoms with Gasteiger partial charge in [0.2, 0.25) is 5.91 Å². The number of benzene rings is 2. The molecule has 0 radical (unpaired) electrons. The number of amides is 1. The Labute approximate surface area is 148 Å². The molecule has 0 atom stereocenters. The Bertz CT molecular complexity index is 863. The molecule has 5 heteroatoms. The molecule has 1 heterocycles. The maximum Gasteiger partial charge on any atom is 0.228 e. The summed E-state index contributed by atoms with van der Waals surface area (Å²) in [5.41, 5.74) is 4.84. The van der Waals surface area contributed by atoms with E-state index in [9.17, 15) is 4.79 Å². The van der Waals surface area contributed by atoms with Gasteiger partial charge in [-0.2, -0.15) is 0 Å². The second-order valence-corrected chi connectivity index (χ2v) is 6.12. The third-order valence-corrected chi connectivity index (χ3v) is 4.31. The summed E-state index contributed by atoms with van der Waals surface area (Å²) in [6, 6.07) is 13.9. The van der Waals surface area contributed by atoms with Crippen LogP contribution in [0.25, 0.3) is 11.0 Å². The minimum atomic E-state index is -0.0221. The van der Waals surface area contributed by atoms with E-state index < -0.39 is 0 Å². The molecule has 0 unspecified atom stereocenters. The van der Waals surface area contributed by atoms with Gasteiger partial charge >= 0.3 is 0 Å². The molecular formula is C20H24N4O. The van der Waals surface area contributed by atoms with Gasteiger partial charge in [0.05, 0.1) is 17.5 Å². The van der Waals surface area contributed by atoms with Crippen molar-refractivity contribution in [2.75, 3.05) is 23.3 Å². The van der Waals surface area contributed by atoms with E-state index in [1.54, 1.807) is 0 Å². The fourth-order valence-corrected chi connectivity index (χ4v) is 3.03. The van der Waals surface area contributed by atoms with Crippen LogP contribution >= 0.6 is 0 Å². The van der Waals surface area contributed by atoms with Crippen LogP contribution in [0.4, 0.5) is 11.4 Å². The summed E-state index contributed by atoms with van der Waals surface area (Å²) in [7, 11) is 0. The van der Waals surface area contributed by atoms with Crippen LogP contribution in [0.2, 0.25) is 0 Å². The van der Waals surface area contributed by atoms with Gasteiger partial charge in [0.15, 0.2) is 0 Å². The first-order chi connectivity index (χ1) is 12.1. The van der Waals surface area contributed by atoms with Crippen LogP contribution in [0.3, 0.4) is 0 Å². The molecule has 25 heavy (non-hydrogen) atoms. The Balaban J connectivity index is 1.65. The smallest absolute Gasteiger partial charge is 0.228 e. The fourth-order valence-electron chi connectivity index (χ4n) is 3.03. The van der Waals surface area contributed by atoms with Crippen molar-refractivity contribution in [3.8, 4) is 0 Å². The predicted molar refractivity (Wildman–Crippen MR) is 103 cm³/mol. The van der Waals surface area contributed by atoms with E-state index >= 15 is 0 Å². The average molecular weight is 336 g/mol. The van der Waals surface area contributed by atoms with Gasteiger partial charge in [0, 0.05) is 24.5 Å². The number of carbonyl (C=O) groups excluding carboxylic acids is 1. The zero-order chi connectivity index (χ0) is 17.8. The molecule has 130 valence electrons. The Morgan fingerprint density at radius 3 is 2.52 bits per heavy atom. The lowest BCUT2D eigenvalue weighted by Crippen LogP contribution is -2.21. The third-order valence-electron chi connectivity index (χ3n) is 4.31. The Morgan fingerprint density at radius 2 is 1.84 bits per heavy atom. The molecule has 2 N–H and O–H groups in total. The zero-order valence-electron chi connectivity index (χ0n) is 15.0. The van der Waals surface area contributed by atoms with Crippen LogP contribution in [0.1, 0.15) is 25.2 Å². The number of rotatable bonds is 6. The van der Waals surface area contributed by atoms with Crippen molar-refractivity contribution in [2.45, 2.75) is 27.2 Å². The number of aromatic nitrogens is 2. The van der Waals surface area contributed by atoms with E-state index in [1.165, 1.54) is 5.69 Å². The van der Waals surface area contributed by atoms with Gasteiger partial charge in [0.25, 0.3) is 0 Å². The Kier molecular flexibility index (Phi) is 5.03. The van der Waals surface area contributed by atoms with E-state index in [4.69, 9.17) is 0 Å². The van der Waals surface area contributed by atoms with Gasteiger partial charge < -0.3 is 15.2 Å². The molecule has 0 bridgehead atoms. The highest BCUT2D eigenvalue weighted by atomic mass is 16.1. The fraction of sp³-hybridized carbons (Fsp3) is 0.300. The van der Waals surface area contributed by atoms with E-state index in [0.717, 1.165) is 41.2 Å². The molecule has 5 nitrogen and oxygen atoms in total. The van der Waals surface area contributed by atoms with E-state index in [2.05, 4.69) is 34.0 Å². The molecule has 1 aromatic heterocycles. The molecule has 0 fully saturated rings. The first-order valence-electron chi connectivity index (χ1n) is 8.69. The first kappa shape index (κ1) is 17.0. The van der Waals surface area contributed by atoms with Crippen molar-refractivity contribution < 1.29 is 4.79 Å². The van der Waals surface area contributed by atoms with Crippen LogP contribution in [0.5, 0.6) is 0 Å². The standard InChI is InChI=1S/C20H24N4O/c1-4-24(5-2)17-9-7-16(8-10-17)23-20(25)13-15-6-11-18-19(12-15)22-14(3)21-18/h6-12H,4-5,13H2,1-3H3,(H,21,22)(H,23,25). The molecule has 3 rings (SSSR count). The van der Waals surface area contributed by atoms with Gasteiger partial charge in [-0.15, -0.1) is 0 Å². The number of H-pyrrole nitrogens is 1. The molecule has 1 amide bonds. The highest BCUT2D eigenvalue weighted by Gasteiger charge is 2.07. The maximum atomic E-state index is 12.3. The SMILES string of the molecule is CCN(CC)c1ccc(NC(=O)Cc2ccc3nc(C)[nH]c3c2)cc1. The average Bonchev–Trinajstić information content (AvgIpc) is 2.96. The number of aromatic amines is 1. The van der Waals surface area contributed by atoms with Crippen molar-refractivity contribution in [2.24, 2.45) is 0 Å². The second-order valence-electron chi connectivity index (χ2n) is 6.12. The van der Waals surface area contributed by atoms with Gasteiger partial charge in [-0.05, 0) is 62.7 Å². The summed E-state index contributed by atoms with van der Waals surface area (Å²) >= 11 is 0. The van der Waals surface area contributed by atoms with Crippen molar-refractivity contribution >= 4 is 28.3 Å². The number of fused-ring (bicyclic) bond motifs is 1. The summed E-state index contributed by atoms with van der Waals surface area (Å²) in [4.78, 5) is 22.2. The van der Waals surface area contributed by atoms with Crippen LogP contribution in [0.15, 0.2) is 42.5 Å². The lowest BCUT2D eigenvalue weighted by atomic mass is 10.1. The maximum absolute atomic E-state index is 12.3. The topological polar surface area (TPSA) is 61.0 Å². The van der Waals surface area contributed by atoms with Gasteiger partial charge in [-0.3, -0.25) is 4.79 Å². The number of hydrogen-bond donors (Lipinski definition) is 2. The predicted octanol–water partition coefficient (Wildman–Crippen LogP) is 3.90. The molecule has 0 aliphatic rings. The molecule has 0 saturated heterocycles. The Hall–Kier alpha value is -2.82. The van der Waals surface area contributed by atoms with Crippen molar-refractivity contribution in [3.05, 3.63) is 53.9 Å². The lowest BCUT2D eigenvalue weighted by Gasteiger charge is -2.21. The monoisotopic (exact) mass is 336 g/mol. The van der Waals surface area contributed by atoms with Gasteiger partial charge in [0.1, 0.15) is 5.82 Å². The van der Waals surface area contributed by atoms with E-state index in [1.807, 2.05) is 49.4 Å². The number of carbonyl (C=O) groups is 1. The quantitative estimate of drug-likeness (QED) is 0.718. The number of nitrogens with zero attached hydrogens (tertiary/aromatic N) is 2. The molecule has 2 aromatic carbocycles. The van der Waals surface area contributed by atoms with E-state index in [-0.39, 0.29) is 5.91 Å². The number of anilines is 2. The Morgan fingerprint density at radius 1 is 1.12 bits per heavy atom. The minimum absolute atomic E-state index is 0.0221. The molecule has 0 aliphatic heterocycles. The summed E-state index contributed by atoms with van der Waals surface area (Å²) in [5, 5.41) is 2.96. The molecule has 0 spiro atoms. The van der Waals surface area contributed by atoms with Crippen LogP contribution < -0.4 is 10.2 Å². The van der Waals surface area contributed by atoms with Gasteiger partial charge in [-0.1, -0.05) is 6.07 Å². The van der Waals surface area contributed by atoms with Crippen LogP contribution in [-0.2, 0) is 11.2 Å². The number of imidazole rings is 1. The summed E-state index contributed by atoms with van der Waals surface area (Å²) in [6.07, 6.45) is 0.339. The lowest BCUT2D eigenvalue weighted by molar-refractivity contribution is -0.115. The third kappa shape index (κ3) is 3.99. The number of hydrogen-bond acceptors (Lipinski definition) is 3. The van der Waals surface area contributed by atoms with Crippen LogP contribution in [0, 0.1) is 6.92 Å². The second kappa shape index (κ2) is 7.38. The molecule has 3 aromatic rings. The van der Waals surface area contributed by atoms with Crippen LogP contribution in [-0.4, -0.2) is 29.0 Å². The normalized spacial score (nSPS) is 10.8. The molecule has 0 saturated carbocycles. The zero-order valence-corrected chi connectivity index (χ0v) is 15.0. The summed E-state index contributed by atoms with van der Waals surface area (Å²) in [5.74, 6) is 0.857. The minimum Gasteiger partial charge on any atom is -0.372 e. The first-order valence-corrected chi connectivity index (χ1v) is 8.69. The van der Waals surface area contributed by atoms with E-state index in [0.29, 0.717) is 6.42 Å². The van der Waals surface area contributed by atoms with Crippen molar-refractivity contribution in [1.29, 1.82) is 0 Å². The largest absolute Gasteiger partial charge is 0.372 e. The highest BCUT2D eigenvalue weighted by Crippen LogP contribution is 2.18. The summed E-state index contributed by atoms with van der Waals surface area (Å²) < 4.78 is 0. The number of aryl methyl sites for hydroxylation is 1. The molecular weight excluding hydrogens is 312 g/mol. The van der Waals surface area contributed by atoms with Crippen molar-refractivity contribution in [1.82, 2.24) is 9.97 Å². The number of nitrogens with one attached hydrogen (secondary N) is 2. The van der Waals surface area contributed by atoms with Crippen molar-refractivity contribution in [3.63, 3.8) is 0 Å². The summed E-state index contributed by atoms with van der Waals surface area (Å²) in [6.45, 7) is 8.14. The highest BCUT2D eigenvalue weighted by molar-refractivity contribution is 5.93. The molecule has 0 aliphatic carbocycles.